The number of aliphatic hydroxyl groups is 2. The molecule has 0 radical (unpaired) electrons. The molecule has 0 unspecified atom stereocenters. The predicted octanol–water partition coefficient (Wildman–Crippen LogP) is 5.13. The number of carboxylic acid groups (broad SMARTS) is 1. The number of carbonyl (C=O) groups is 1. The number of halogens is 2. The zero-order valence-corrected chi connectivity index (χ0v) is 17.8. The fourth-order valence-electron chi connectivity index (χ4n) is 3.28. The van der Waals surface area contributed by atoms with Crippen LogP contribution in [0.2, 0.25) is 0 Å². The van der Waals surface area contributed by atoms with Crippen molar-refractivity contribution in [2.45, 2.75) is 25.0 Å². The van der Waals surface area contributed by atoms with Gasteiger partial charge in [0.05, 0.1) is 18.6 Å². The number of thiophene rings is 1. The van der Waals surface area contributed by atoms with E-state index in [1.165, 1.54) is 41.7 Å². The standard InChI is InChI=1S/C25H22F2O4S/c26-18-7-3-16(4-8-18)25(17-5-9-19(27)10-6-17)22(23-2-1-13-32-23)12-11-20(28)14-21(29)15-24(30)31/h1-13,20-21,28-29H,14-15H2,(H,30,31)/b12-11+/t20-,21-/m1/s1. The molecular formula is C25H22F2O4S. The van der Waals surface area contributed by atoms with Crippen LogP contribution in [0.25, 0.3) is 11.1 Å². The van der Waals surface area contributed by atoms with E-state index in [9.17, 15) is 23.8 Å². The van der Waals surface area contributed by atoms with Gasteiger partial charge in [-0.3, -0.25) is 4.79 Å². The Kier molecular flexibility index (Phi) is 8.05. The first-order valence-electron chi connectivity index (χ1n) is 9.89. The molecule has 7 heteroatoms. The average molecular weight is 457 g/mol. The van der Waals surface area contributed by atoms with Crippen LogP contribution >= 0.6 is 11.3 Å². The van der Waals surface area contributed by atoms with Crippen molar-refractivity contribution in [3.63, 3.8) is 0 Å². The number of carboxylic acids is 1. The first kappa shape index (κ1) is 23.5. The third kappa shape index (κ3) is 6.43. The Labute approximate surface area is 188 Å². The van der Waals surface area contributed by atoms with E-state index in [0.717, 1.165) is 4.88 Å². The second-order valence-corrected chi connectivity index (χ2v) is 8.14. The maximum Gasteiger partial charge on any atom is 0.305 e. The molecule has 2 atom stereocenters. The molecule has 0 bridgehead atoms. The zero-order chi connectivity index (χ0) is 23.1. The summed E-state index contributed by atoms with van der Waals surface area (Å²) in [4.78, 5) is 11.6. The summed E-state index contributed by atoms with van der Waals surface area (Å²) in [5.41, 5.74) is 2.82. The van der Waals surface area contributed by atoms with Crippen molar-refractivity contribution in [3.05, 3.63) is 106 Å². The molecule has 3 rings (SSSR count). The molecule has 3 N–H and O–H groups in total. The Morgan fingerprint density at radius 2 is 1.50 bits per heavy atom. The minimum atomic E-state index is -1.19. The lowest BCUT2D eigenvalue weighted by Crippen LogP contribution is -2.19. The molecule has 0 aliphatic carbocycles. The summed E-state index contributed by atoms with van der Waals surface area (Å²) < 4.78 is 27.1. The van der Waals surface area contributed by atoms with E-state index in [1.807, 2.05) is 17.5 Å². The lowest BCUT2D eigenvalue weighted by Gasteiger charge is -2.15. The highest BCUT2D eigenvalue weighted by atomic mass is 32.1. The highest BCUT2D eigenvalue weighted by molar-refractivity contribution is 7.11. The molecule has 166 valence electrons. The Bertz CT molecular complexity index is 1040. The molecular weight excluding hydrogens is 434 g/mol. The highest BCUT2D eigenvalue weighted by Crippen LogP contribution is 2.35. The number of hydrogen-bond acceptors (Lipinski definition) is 4. The van der Waals surface area contributed by atoms with Gasteiger partial charge < -0.3 is 15.3 Å². The second-order valence-electron chi connectivity index (χ2n) is 7.19. The summed E-state index contributed by atoms with van der Waals surface area (Å²) in [6, 6.07) is 15.6. The van der Waals surface area contributed by atoms with Gasteiger partial charge in [-0.1, -0.05) is 42.5 Å². The van der Waals surface area contributed by atoms with Gasteiger partial charge in [-0.05, 0) is 58.0 Å². The molecule has 2 aromatic carbocycles. The summed E-state index contributed by atoms with van der Waals surface area (Å²) in [6.07, 6.45) is 0.300. The molecule has 4 nitrogen and oxygen atoms in total. The zero-order valence-electron chi connectivity index (χ0n) is 17.0. The van der Waals surface area contributed by atoms with Crippen molar-refractivity contribution < 1.29 is 28.9 Å². The van der Waals surface area contributed by atoms with Gasteiger partial charge in [-0.25, -0.2) is 8.78 Å². The van der Waals surface area contributed by atoms with Gasteiger partial charge in [0, 0.05) is 11.3 Å². The summed E-state index contributed by atoms with van der Waals surface area (Å²) in [5.74, 6) is -1.92. The van der Waals surface area contributed by atoms with E-state index >= 15 is 0 Å². The van der Waals surface area contributed by atoms with Gasteiger partial charge in [-0.2, -0.15) is 0 Å². The van der Waals surface area contributed by atoms with Crippen LogP contribution in [-0.2, 0) is 4.79 Å². The van der Waals surface area contributed by atoms with Crippen LogP contribution in [0.5, 0.6) is 0 Å². The SMILES string of the molecule is O=C(O)C[C@H](O)C[C@H](O)/C=C/C(=C(c1ccc(F)cc1)c1ccc(F)cc1)c1cccs1. The molecule has 0 saturated heterocycles. The van der Waals surface area contributed by atoms with Crippen LogP contribution < -0.4 is 0 Å². The Hall–Kier alpha value is -3.13. The van der Waals surface area contributed by atoms with Crippen molar-refractivity contribution >= 4 is 28.5 Å². The largest absolute Gasteiger partial charge is 0.481 e. The fraction of sp³-hybridized carbons (Fsp3) is 0.160. The van der Waals surface area contributed by atoms with Crippen LogP contribution in [0.15, 0.2) is 78.2 Å². The quantitative estimate of drug-likeness (QED) is 0.390. The summed E-state index contributed by atoms with van der Waals surface area (Å²) in [5, 5.41) is 30.8. The summed E-state index contributed by atoms with van der Waals surface area (Å²) in [7, 11) is 0. The maximum absolute atomic E-state index is 13.6. The summed E-state index contributed by atoms with van der Waals surface area (Å²) in [6.45, 7) is 0. The van der Waals surface area contributed by atoms with Crippen LogP contribution in [0.4, 0.5) is 8.78 Å². The molecule has 1 heterocycles. The number of aliphatic carboxylic acids is 1. The van der Waals surface area contributed by atoms with Crippen molar-refractivity contribution in [1.29, 1.82) is 0 Å². The first-order valence-corrected chi connectivity index (χ1v) is 10.8. The monoisotopic (exact) mass is 456 g/mol. The molecule has 32 heavy (non-hydrogen) atoms. The van der Waals surface area contributed by atoms with Crippen molar-refractivity contribution in [1.82, 2.24) is 0 Å². The molecule has 1 aromatic heterocycles. The lowest BCUT2D eigenvalue weighted by molar-refractivity contribution is -0.139. The number of rotatable bonds is 9. The van der Waals surface area contributed by atoms with E-state index < -0.39 is 24.6 Å². The Balaban J connectivity index is 2.08. The van der Waals surface area contributed by atoms with Crippen molar-refractivity contribution in [2.75, 3.05) is 0 Å². The smallest absolute Gasteiger partial charge is 0.305 e. The number of allylic oxidation sites excluding steroid dienone is 2. The van der Waals surface area contributed by atoms with E-state index in [2.05, 4.69) is 0 Å². The van der Waals surface area contributed by atoms with E-state index in [-0.39, 0.29) is 18.1 Å². The second kappa shape index (κ2) is 10.9. The van der Waals surface area contributed by atoms with Crippen LogP contribution in [-0.4, -0.2) is 33.5 Å². The molecule has 0 aliphatic rings. The highest BCUT2D eigenvalue weighted by Gasteiger charge is 2.16. The van der Waals surface area contributed by atoms with Crippen LogP contribution in [0.3, 0.4) is 0 Å². The third-order valence-corrected chi connectivity index (χ3v) is 5.63. The van der Waals surface area contributed by atoms with Gasteiger partial charge in [0.15, 0.2) is 0 Å². The molecule has 0 aliphatic heterocycles. The van der Waals surface area contributed by atoms with Gasteiger partial charge in [0.1, 0.15) is 11.6 Å². The van der Waals surface area contributed by atoms with Crippen LogP contribution in [0.1, 0.15) is 28.8 Å². The molecule has 0 spiro atoms. The third-order valence-electron chi connectivity index (χ3n) is 4.73. The van der Waals surface area contributed by atoms with E-state index in [4.69, 9.17) is 5.11 Å². The van der Waals surface area contributed by atoms with Crippen molar-refractivity contribution in [2.24, 2.45) is 0 Å². The number of benzene rings is 2. The normalized spacial score (nSPS) is 13.1. The van der Waals surface area contributed by atoms with Gasteiger partial charge in [0.25, 0.3) is 0 Å². The molecule has 0 fully saturated rings. The van der Waals surface area contributed by atoms with E-state index in [0.29, 0.717) is 22.3 Å². The van der Waals surface area contributed by atoms with Crippen molar-refractivity contribution in [3.8, 4) is 0 Å². The number of hydrogen-bond donors (Lipinski definition) is 3. The minimum Gasteiger partial charge on any atom is -0.481 e. The predicted molar refractivity (Wildman–Crippen MR) is 121 cm³/mol. The Morgan fingerprint density at radius 1 is 0.938 bits per heavy atom. The fourth-order valence-corrected chi connectivity index (χ4v) is 4.04. The average Bonchev–Trinajstić information content (AvgIpc) is 3.27. The minimum absolute atomic E-state index is 0.136. The first-order chi connectivity index (χ1) is 15.3. The Morgan fingerprint density at radius 3 is 1.97 bits per heavy atom. The van der Waals surface area contributed by atoms with E-state index in [1.54, 1.807) is 30.3 Å². The molecule has 3 aromatic rings. The van der Waals surface area contributed by atoms with Gasteiger partial charge >= 0.3 is 5.97 Å². The summed E-state index contributed by atoms with van der Waals surface area (Å²) >= 11 is 1.46. The lowest BCUT2D eigenvalue weighted by atomic mass is 9.91. The maximum atomic E-state index is 13.6. The topological polar surface area (TPSA) is 77.8 Å². The molecule has 0 saturated carbocycles. The van der Waals surface area contributed by atoms with Gasteiger partial charge in [0.2, 0.25) is 0 Å². The van der Waals surface area contributed by atoms with Gasteiger partial charge in [-0.15, -0.1) is 11.3 Å². The van der Waals surface area contributed by atoms with Crippen LogP contribution in [0, 0.1) is 11.6 Å². The number of aliphatic hydroxyl groups excluding tert-OH is 2. The molecule has 0 amide bonds.